The number of hydrogen-bond acceptors (Lipinski definition) is 4. The van der Waals surface area contributed by atoms with E-state index in [0.717, 1.165) is 39.9 Å². The van der Waals surface area contributed by atoms with Gasteiger partial charge in [-0.3, -0.25) is 4.39 Å². The number of hydrogen-bond donors (Lipinski definition) is 0. The van der Waals surface area contributed by atoms with Crippen molar-refractivity contribution in [2.75, 3.05) is 4.90 Å². The van der Waals surface area contributed by atoms with Gasteiger partial charge in [-0.1, -0.05) is 155 Å². The second kappa shape index (κ2) is 17.8. The summed E-state index contributed by atoms with van der Waals surface area (Å²) in [5, 5.41) is 11.5. The minimum atomic E-state index is -2.35. The third kappa shape index (κ3) is 8.69. The molecule has 64 heavy (non-hydrogen) atoms. The van der Waals surface area contributed by atoms with Gasteiger partial charge in [-0.05, 0) is 75.4 Å². The van der Waals surface area contributed by atoms with Crippen molar-refractivity contribution < 1.29 is 28.6 Å². The van der Waals surface area contributed by atoms with E-state index < -0.39 is 20.7 Å². The van der Waals surface area contributed by atoms with Crippen LogP contribution in [-0.4, -0.2) is 18.0 Å². The maximum atomic E-state index is 14.5. The van der Waals surface area contributed by atoms with E-state index in [1.54, 1.807) is 11.3 Å². The molecule has 0 saturated carbocycles. The third-order valence-electron chi connectivity index (χ3n) is 11.9. The predicted octanol–water partition coefficient (Wildman–Crippen LogP) is 15.2. The molecule has 0 bridgehead atoms. The average Bonchev–Trinajstić information content (AvgIpc) is 3.84. The van der Waals surface area contributed by atoms with E-state index in [0.29, 0.717) is 5.69 Å². The van der Waals surface area contributed by atoms with E-state index in [1.165, 1.54) is 65.4 Å². The largest absolute Gasteiger partial charge is 3.00 e. The number of pyridine rings is 2. The van der Waals surface area contributed by atoms with Crippen LogP contribution in [0.5, 0.6) is 0 Å². The van der Waals surface area contributed by atoms with Crippen LogP contribution in [0.4, 0.5) is 15.8 Å². The van der Waals surface area contributed by atoms with E-state index in [-0.39, 0.29) is 42.8 Å². The van der Waals surface area contributed by atoms with Gasteiger partial charge in [0.05, 0.1) is 13.8 Å². The van der Waals surface area contributed by atoms with Gasteiger partial charge in [-0.25, -0.2) is 4.98 Å². The minimum Gasteiger partial charge on any atom is -0.661 e. The fourth-order valence-electron chi connectivity index (χ4n) is 8.81. The van der Waals surface area contributed by atoms with E-state index in [2.05, 4.69) is 185 Å². The van der Waals surface area contributed by atoms with Gasteiger partial charge in [-0.2, -0.15) is 29.5 Å². The van der Waals surface area contributed by atoms with E-state index in [4.69, 9.17) is 14.4 Å². The fraction of sp³-hybridized carbons (Fsp3) is 0.214. The van der Waals surface area contributed by atoms with Crippen LogP contribution >= 0.6 is 11.3 Å². The van der Waals surface area contributed by atoms with Crippen molar-refractivity contribution in [3.05, 3.63) is 190 Å². The average molecular weight is 1060 g/mol. The molecule has 0 spiro atoms. The third-order valence-corrected chi connectivity index (χ3v) is 15.1. The Bertz CT molecular complexity index is 3270. The Morgan fingerprint density at radius 2 is 1.58 bits per heavy atom. The molecule has 4 heterocycles. The van der Waals surface area contributed by atoms with Gasteiger partial charge < -0.3 is 15.2 Å². The summed E-state index contributed by atoms with van der Waals surface area (Å²) in [6.07, 6.45) is 1.68. The quantitative estimate of drug-likeness (QED) is 0.123. The van der Waals surface area contributed by atoms with Crippen LogP contribution in [-0.2, 0) is 32.1 Å². The maximum Gasteiger partial charge on any atom is 3.00 e. The summed E-state index contributed by atoms with van der Waals surface area (Å²) in [5.74, 6) is -0.610. The first-order valence-corrected chi connectivity index (χ1v) is 25.7. The van der Waals surface area contributed by atoms with Crippen molar-refractivity contribution in [1.29, 1.82) is 0 Å². The summed E-state index contributed by atoms with van der Waals surface area (Å²) in [5.41, 5.74) is 11.0. The Kier molecular flexibility index (Phi) is 11.5. The molecule has 10 rings (SSSR count). The normalized spacial score (nSPS) is 14.5. The monoisotopic (exact) mass is 1060 g/mol. The standard InChI is InChI=1S/C37H27N3S.C19H25FNSi.Ir/c1-23-10-8-11-24(2)33(23)31-21-19-29-28-16-9-17-30(35(28)41-37(29)39-31)36-38-32-20-18-26-14-6-7-15-27(26)34(32)40(36)22-25-12-4-3-5-13-25;1-13-8-9-14(16(20)10-13)17-11-15(19(2,3)4)18(12-21-17)22(5,6)7;/h3-16,18-21,36H,22H2,1-2H3;8,10-12H,1-7H3;/q-2;-1;+3/i;1D3;. The summed E-state index contributed by atoms with van der Waals surface area (Å²) in [6.45, 7) is 15.9. The van der Waals surface area contributed by atoms with Crippen LogP contribution in [0, 0.1) is 38.6 Å². The molecule has 3 aromatic heterocycles. The summed E-state index contributed by atoms with van der Waals surface area (Å²) in [6, 6.07) is 49.5. The number of benzene rings is 6. The van der Waals surface area contributed by atoms with Crippen molar-refractivity contribution >= 4 is 67.0 Å². The SMILES string of the molecule is Cc1cccc(C)c1-c1ccc2c(n1)sc1c(C3[N-]c4ccc5ccccc5c4N3Cc3ccccc3)[c-]ccc12.[2H]C([2H])([2H])c1c[c-]c(-c2cc(C(C)(C)C)c([Si](C)(C)C)cn2)c(F)c1.[Ir+3]. The molecular formula is C56H52FIrN4SSi. The van der Waals surface area contributed by atoms with E-state index in [1.807, 2.05) is 12.3 Å². The topological polar surface area (TPSA) is 43.1 Å². The number of thiophene rings is 1. The smallest absolute Gasteiger partial charge is 0.661 e. The van der Waals surface area contributed by atoms with Crippen LogP contribution in [0.3, 0.4) is 0 Å². The van der Waals surface area contributed by atoms with Crippen LogP contribution in [0.2, 0.25) is 19.6 Å². The number of aryl methyl sites for hydroxylation is 3. The molecule has 1 aliphatic rings. The maximum absolute atomic E-state index is 14.5. The second-order valence-corrected chi connectivity index (χ2v) is 24.6. The van der Waals surface area contributed by atoms with Crippen molar-refractivity contribution in [2.24, 2.45) is 0 Å². The Hall–Kier alpha value is -5.50. The van der Waals surface area contributed by atoms with Crippen LogP contribution < -0.4 is 10.1 Å². The molecule has 0 saturated heterocycles. The van der Waals surface area contributed by atoms with Crippen LogP contribution in [0.15, 0.2) is 134 Å². The number of fused-ring (bicyclic) bond motifs is 6. The summed E-state index contributed by atoms with van der Waals surface area (Å²) >= 11 is 1.76. The number of nitrogens with zero attached hydrogens (tertiary/aromatic N) is 4. The van der Waals surface area contributed by atoms with E-state index >= 15 is 0 Å². The Labute approximate surface area is 400 Å². The Balaban J connectivity index is 0.000000203. The van der Waals surface area contributed by atoms with Gasteiger partial charge in [0, 0.05) is 39.3 Å². The number of halogens is 1. The first kappa shape index (κ1) is 41.2. The minimum absolute atomic E-state index is 0. The van der Waals surface area contributed by atoms with Crippen LogP contribution in [0.1, 0.15) is 64.4 Å². The first-order valence-electron chi connectivity index (χ1n) is 22.9. The number of aromatic nitrogens is 2. The molecule has 8 heteroatoms. The van der Waals surface area contributed by atoms with Gasteiger partial charge in [-0.15, -0.1) is 40.4 Å². The predicted molar refractivity (Wildman–Crippen MR) is 268 cm³/mol. The molecular weight excluding hydrogens is 1000 g/mol. The summed E-state index contributed by atoms with van der Waals surface area (Å²) in [4.78, 5) is 13.2. The first-order chi connectivity index (χ1) is 31.4. The molecule has 0 N–H and O–H groups in total. The molecule has 4 nitrogen and oxygen atoms in total. The van der Waals surface area contributed by atoms with Gasteiger partial charge in [0.1, 0.15) is 4.83 Å². The molecule has 6 aromatic carbocycles. The van der Waals surface area contributed by atoms with Crippen molar-refractivity contribution in [1.82, 2.24) is 9.97 Å². The molecule has 322 valence electrons. The molecule has 0 fully saturated rings. The molecule has 1 unspecified atom stereocenters. The van der Waals surface area contributed by atoms with Crippen molar-refractivity contribution in [2.45, 2.75) is 79.2 Å². The summed E-state index contributed by atoms with van der Waals surface area (Å²) in [7, 11) is -1.60. The number of anilines is 1. The molecule has 0 amide bonds. The van der Waals surface area contributed by atoms with Gasteiger partial charge in [0.25, 0.3) is 0 Å². The molecule has 0 aliphatic carbocycles. The van der Waals surface area contributed by atoms with Gasteiger partial charge in [0.15, 0.2) is 0 Å². The van der Waals surface area contributed by atoms with Gasteiger partial charge in [0.2, 0.25) is 0 Å². The molecule has 1 aliphatic heterocycles. The zero-order chi connectivity index (χ0) is 46.7. The van der Waals surface area contributed by atoms with E-state index in [9.17, 15) is 4.39 Å². The Morgan fingerprint density at radius 3 is 2.30 bits per heavy atom. The van der Waals surface area contributed by atoms with Gasteiger partial charge >= 0.3 is 20.1 Å². The zero-order valence-electron chi connectivity index (χ0n) is 40.4. The fourth-order valence-corrected chi connectivity index (χ4v) is 11.7. The number of rotatable bonds is 6. The molecule has 0 radical (unpaired) electrons. The van der Waals surface area contributed by atoms with Crippen LogP contribution in [0.25, 0.3) is 58.9 Å². The van der Waals surface area contributed by atoms with Crippen molar-refractivity contribution in [3.63, 3.8) is 0 Å². The Morgan fingerprint density at radius 1 is 0.828 bits per heavy atom. The second-order valence-electron chi connectivity index (χ2n) is 18.5. The zero-order valence-corrected chi connectivity index (χ0v) is 41.6. The molecule has 1 atom stereocenters. The van der Waals surface area contributed by atoms with Crippen molar-refractivity contribution in [3.8, 4) is 22.5 Å². The summed E-state index contributed by atoms with van der Waals surface area (Å²) < 4.78 is 37.9. The molecule has 9 aromatic rings.